The number of rotatable bonds is 7. The van der Waals surface area contributed by atoms with Gasteiger partial charge < -0.3 is 5.32 Å². The van der Waals surface area contributed by atoms with Crippen molar-refractivity contribution in [1.82, 2.24) is 10.3 Å². The Morgan fingerprint density at radius 2 is 1.80 bits per heavy atom. The lowest BCUT2D eigenvalue weighted by Gasteiger charge is -2.30. The molecule has 108 valence electrons. The Kier molecular flexibility index (Phi) is 5.32. The van der Waals surface area contributed by atoms with Gasteiger partial charge in [0.25, 0.3) is 0 Å². The minimum atomic E-state index is 0.0659. The van der Waals surface area contributed by atoms with E-state index >= 15 is 0 Å². The maximum Gasteiger partial charge on any atom is 0.103 e. The minimum Gasteiger partial charge on any atom is -0.311 e. The number of hydrogen-bond acceptors (Lipinski definition) is 3. The Bertz CT molecular complexity index is 515. The van der Waals surface area contributed by atoms with Crippen molar-refractivity contribution in [1.29, 1.82) is 0 Å². The molecule has 0 saturated heterocycles. The Labute approximate surface area is 126 Å². The maximum absolute atomic E-state index is 4.89. The zero-order chi connectivity index (χ0) is 14.4. The van der Waals surface area contributed by atoms with Crippen LogP contribution in [-0.4, -0.2) is 11.5 Å². The van der Waals surface area contributed by atoms with E-state index in [1.54, 1.807) is 11.3 Å². The molecule has 0 unspecified atom stereocenters. The largest absolute Gasteiger partial charge is 0.311 e. The molecule has 1 N–H and O–H groups in total. The van der Waals surface area contributed by atoms with E-state index in [0.717, 1.165) is 31.6 Å². The summed E-state index contributed by atoms with van der Waals surface area (Å²) < 4.78 is 0. The standard InChI is InChI=1S/C17H24N2S/c1-4-17(5-2,14-10-8-7-9-11-14)16-19-15(13-20-16)12-18-6-3/h7-11,13,18H,4-6,12H2,1-3H3. The van der Waals surface area contributed by atoms with Gasteiger partial charge in [-0.3, -0.25) is 0 Å². The Balaban J connectivity index is 2.35. The molecule has 0 bridgehead atoms. The highest BCUT2D eigenvalue weighted by Gasteiger charge is 2.33. The molecule has 1 aromatic heterocycles. The molecule has 2 aromatic rings. The van der Waals surface area contributed by atoms with Gasteiger partial charge >= 0.3 is 0 Å². The molecular formula is C17H24N2S. The van der Waals surface area contributed by atoms with Crippen molar-refractivity contribution in [2.24, 2.45) is 0 Å². The molecule has 0 radical (unpaired) electrons. The highest BCUT2D eigenvalue weighted by atomic mass is 32.1. The first-order valence-electron chi connectivity index (χ1n) is 7.48. The number of aromatic nitrogens is 1. The molecule has 0 aliphatic carbocycles. The summed E-state index contributed by atoms with van der Waals surface area (Å²) >= 11 is 1.80. The van der Waals surface area contributed by atoms with E-state index in [-0.39, 0.29) is 5.41 Å². The van der Waals surface area contributed by atoms with E-state index in [1.165, 1.54) is 10.6 Å². The van der Waals surface area contributed by atoms with Crippen molar-refractivity contribution < 1.29 is 0 Å². The van der Waals surface area contributed by atoms with E-state index in [4.69, 9.17) is 4.98 Å². The molecule has 2 rings (SSSR count). The van der Waals surface area contributed by atoms with E-state index < -0.39 is 0 Å². The van der Waals surface area contributed by atoms with Crippen LogP contribution in [0, 0.1) is 0 Å². The lowest BCUT2D eigenvalue weighted by atomic mass is 9.76. The van der Waals surface area contributed by atoms with Gasteiger partial charge in [0.2, 0.25) is 0 Å². The zero-order valence-electron chi connectivity index (χ0n) is 12.6. The normalized spacial score (nSPS) is 11.8. The lowest BCUT2D eigenvalue weighted by Crippen LogP contribution is -2.26. The van der Waals surface area contributed by atoms with E-state index in [2.05, 4.69) is 61.8 Å². The first-order valence-corrected chi connectivity index (χ1v) is 8.36. The fraction of sp³-hybridized carbons (Fsp3) is 0.471. The van der Waals surface area contributed by atoms with Crippen molar-refractivity contribution in [2.45, 2.75) is 45.6 Å². The van der Waals surface area contributed by atoms with Crippen LogP contribution in [0.15, 0.2) is 35.7 Å². The van der Waals surface area contributed by atoms with Gasteiger partial charge in [0, 0.05) is 17.3 Å². The van der Waals surface area contributed by atoms with Gasteiger partial charge in [-0.2, -0.15) is 0 Å². The summed E-state index contributed by atoms with van der Waals surface area (Å²) in [5.74, 6) is 0. The molecule has 0 aliphatic heterocycles. The lowest BCUT2D eigenvalue weighted by molar-refractivity contribution is 0.474. The summed E-state index contributed by atoms with van der Waals surface area (Å²) in [6.07, 6.45) is 2.17. The van der Waals surface area contributed by atoms with Crippen LogP contribution in [0.3, 0.4) is 0 Å². The molecule has 0 atom stereocenters. The third-order valence-electron chi connectivity index (χ3n) is 4.05. The second-order valence-electron chi connectivity index (χ2n) is 5.08. The quantitative estimate of drug-likeness (QED) is 0.819. The predicted octanol–water partition coefficient (Wildman–Crippen LogP) is 4.36. The predicted molar refractivity (Wildman–Crippen MR) is 87.3 cm³/mol. The first kappa shape index (κ1) is 15.2. The van der Waals surface area contributed by atoms with Gasteiger partial charge in [0.05, 0.1) is 5.69 Å². The SMILES string of the molecule is CCNCc1csc(C(CC)(CC)c2ccccc2)n1. The fourth-order valence-electron chi connectivity index (χ4n) is 2.70. The van der Waals surface area contributed by atoms with Gasteiger partial charge in [-0.15, -0.1) is 11.3 Å². The average Bonchev–Trinajstić information content (AvgIpc) is 2.97. The van der Waals surface area contributed by atoms with Gasteiger partial charge in [-0.05, 0) is 24.9 Å². The summed E-state index contributed by atoms with van der Waals surface area (Å²) in [4.78, 5) is 4.89. The highest BCUT2D eigenvalue weighted by Crippen LogP contribution is 2.40. The Hall–Kier alpha value is -1.19. The third-order valence-corrected chi connectivity index (χ3v) is 5.15. The van der Waals surface area contributed by atoms with Crippen LogP contribution < -0.4 is 5.32 Å². The van der Waals surface area contributed by atoms with E-state index in [9.17, 15) is 0 Å². The second kappa shape index (κ2) is 7.00. The molecule has 3 heteroatoms. The van der Waals surface area contributed by atoms with Crippen molar-refractivity contribution >= 4 is 11.3 Å². The number of nitrogens with zero attached hydrogens (tertiary/aromatic N) is 1. The molecule has 0 amide bonds. The smallest absolute Gasteiger partial charge is 0.103 e. The highest BCUT2D eigenvalue weighted by molar-refractivity contribution is 7.09. The van der Waals surface area contributed by atoms with Gasteiger partial charge in [0.15, 0.2) is 0 Å². The summed E-state index contributed by atoms with van der Waals surface area (Å²) in [6, 6.07) is 10.8. The van der Waals surface area contributed by atoms with Crippen molar-refractivity contribution in [3.8, 4) is 0 Å². The van der Waals surface area contributed by atoms with Crippen LogP contribution in [0.1, 0.15) is 49.9 Å². The van der Waals surface area contributed by atoms with Crippen LogP contribution in [0.25, 0.3) is 0 Å². The minimum absolute atomic E-state index is 0.0659. The number of benzene rings is 1. The molecule has 20 heavy (non-hydrogen) atoms. The van der Waals surface area contributed by atoms with E-state index in [0.29, 0.717) is 0 Å². The second-order valence-corrected chi connectivity index (χ2v) is 5.94. The molecule has 2 nitrogen and oxygen atoms in total. The molecule has 0 saturated carbocycles. The number of nitrogens with one attached hydrogen (secondary N) is 1. The van der Waals surface area contributed by atoms with Gasteiger partial charge in [-0.1, -0.05) is 51.1 Å². The maximum atomic E-state index is 4.89. The molecule has 1 heterocycles. The molecule has 0 fully saturated rings. The van der Waals surface area contributed by atoms with Gasteiger partial charge in [0.1, 0.15) is 5.01 Å². The number of hydrogen-bond donors (Lipinski definition) is 1. The fourth-order valence-corrected chi connectivity index (χ4v) is 3.89. The zero-order valence-corrected chi connectivity index (χ0v) is 13.5. The van der Waals surface area contributed by atoms with E-state index in [1.807, 2.05) is 0 Å². The van der Waals surface area contributed by atoms with Crippen LogP contribution >= 0.6 is 11.3 Å². The number of thiazole rings is 1. The van der Waals surface area contributed by atoms with Crippen LogP contribution in [0.5, 0.6) is 0 Å². The molecule has 0 aliphatic rings. The Morgan fingerprint density at radius 1 is 1.10 bits per heavy atom. The molecule has 1 aromatic carbocycles. The monoisotopic (exact) mass is 288 g/mol. The summed E-state index contributed by atoms with van der Waals surface area (Å²) in [6.45, 7) is 8.51. The summed E-state index contributed by atoms with van der Waals surface area (Å²) in [5, 5.41) is 6.80. The van der Waals surface area contributed by atoms with Crippen molar-refractivity contribution in [3.05, 3.63) is 52.0 Å². The average molecular weight is 288 g/mol. The van der Waals surface area contributed by atoms with Crippen LogP contribution in [0.2, 0.25) is 0 Å². The van der Waals surface area contributed by atoms with Gasteiger partial charge in [-0.25, -0.2) is 4.98 Å². The topological polar surface area (TPSA) is 24.9 Å². The summed E-state index contributed by atoms with van der Waals surface area (Å²) in [5.41, 5.74) is 2.61. The third kappa shape index (κ3) is 2.94. The van der Waals surface area contributed by atoms with Crippen LogP contribution in [0.4, 0.5) is 0 Å². The first-order chi connectivity index (χ1) is 9.76. The van der Waals surface area contributed by atoms with Crippen molar-refractivity contribution in [2.75, 3.05) is 6.54 Å². The molecule has 0 spiro atoms. The van der Waals surface area contributed by atoms with Crippen molar-refractivity contribution in [3.63, 3.8) is 0 Å². The molecular weight excluding hydrogens is 264 g/mol. The Morgan fingerprint density at radius 3 is 2.40 bits per heavy atom. The van der Waals surface area contributed by atoms with Crippen LogP contribution in [-0.2, 0) is 12.0 Å². The summed E-state index contributed by atoms with van der Waals surface area (Å²) in [7, 11) is 0.